The van der Waals surface area contributed by atoms with Crippen molar-refractivity contribution in [3.8, 4) is 0 Å². The average molecular weight is 238 g/mol. The number of rotatable bonds is 5. The maximum Gasteiger partial charge on any atom is 0.0588 e. The molecule has 3 fully saturated rings. The van der Waals surface area contributed by atoms with Crippen LogP contribution in [0.1, 0.15) is 38.5 Å². The van der Waals surface area contributed by atoms with Gasteiger partial charge in [-0.15, -0.1) is 0 Å². The molecule has 1 aliphatic heterocycles. The van der Waals surface area contributed by atoms with Crippen molar-refractivity contribution in [3.63, 3.8) is 0 Å². The van der Waals surface area contributed by atoms with Crippen molar-refractivity contribution < 1.29 is 4.74 Å². The third-order valence-corrected chi connectivity index (χ3v) is 5.21. The van der Waals surface area contributed by atoms with Crippen molar-refractivity contribution >= 4 is 0 Å². The second-order valence-electron chi connectivity index (χ2n) is 6.20. The first-order valence-electron chi connectivity index (χ1n) is 7.42. The molecule has 3 rings (SSSR count). The zero-order chi connectivity index (χ0) is 11.7. The lowest BCUT2D eigenvalue weighted by Gasteiger charge is -2.28. The van der Waals surface area contributed by atoms with Crippen LogP contribution in [0.5, 0.6) is 0 Å². The van der Waals surface area contributed by atoms with E-state index >= 15 is 0 Å². The van der Waals surface area contributed by atoms with E-state index in [1.807, 2.05) is 0 Å². The van der Waals surface area contributed by atoms with Gasteiger partial charge in [-0.05, 0) is 69.4 Å². The minimum Gasteiger partial charge on any atom is -0.378 e. The van der Waals surface area contributed by atoms with Crippen molar-refractivity contribution in [3.05, 3.63) is 0 Å². The van der Waals surface area contributed by atoms with Crippen molar-refractivity contribution in [2.75, 3.05) is 19.7 Å². The van der Waals surface area contributed by atoms with Crippen LogP contribution in [0.15, 0.2) is 0 Å². The Bertz CT molecular complexity index is 251. The van der Waals surface area contributed by atoms with E-state index in [2.05, 4.69) is 5.32 Å². The Kier molecular flexibility index (Phi) is 3.69. The molecule has 0 aromatic rings. The molecule has 2 bridgehead atoms. The van der Waals surface area contributed by atoms with Crippen LogP contribution in [0.3, 0.4) is 0 Å². The third kappa shape index (κ3) is 2.51. The second-order valence-corrected chi connectivity index (χ2v) is 6.20. The lowest BCUT2D eigenvalue weighted by molar-refractivity contribution is 0.103. The van der Waals surface area contributed by atoms with E-state index in [0.717, 1.165) is 37.5 Å². The number of fused-ring (bicyclic) bond motifs is 2. The standard InChI is InChI=1S/C14H26N2O/c15-14-11-4-3-10(8-11)13(14)9-16-6-5-12-2-1-7-17-12/h10-14,16H,1-9,15H2. The molecule has 2 aliphatic carbocycles. The molecule has 0 amide bonds. The predicted octanol–water partition coefficient (Wildman–Crippen LogP) is 1.52. The molecule has 5 atom stereocenters. The highest BCUT2D eigenvalue weighted by Crippen LogP contribution is 2.47. The van der Waals surface area contributed by atoms with Crippen LogP contribution in [-0.2, 0) is 4.74 Å². The fourth-order valence-corrected chi connectivity index (χ4v) is 4.16. The molecular formula is C14H26N2O. The number of nitrogens with two attached hydrogens (primary N) is 1. The van der Waals surface area contributed by atoms with Crippen LogP contribution in [0.2, 0.25) is 0 Å². The van der Waals surface area contributed by atoms with Gasteiger partial charge in [0.25, 0.3) is 0 Å². The quantitative estimate of drug-likeness (QED) is 0.714. The third-order valence-electron chi connectivity index (χ3n) is 5.21. The van der Waals surface area contributed by atoms with Crippen LogP contribution in [0.4, 0.5) is 0 Å². The van der Waals surface area contributed by atoms with E-state index in [4.69, 9.17) is 10.5 Å². The minimum absolute atomic E-state index is 0.476. The number of nitrogens with one attached hydrogen (secondary N) is 1. The zero-order valence-electron chi connectivity index (χ0n) is 10.7. The summed E-state index contributed by atoms with van der Waals surface area (Å²) < 4.78 is 5.63. The molecule has 17 heavy (non-hydrogen) atoms. The molecule has 0 aromatic heterocycles. The van der Waals surface area contributed by atoms with Gasteiger partial charge < -0.3 is 15.8 Å². The Morgan fingerprint density at radius 2 is 2.06 bits per heavy atom. The molecule has 0 spiro atoms. The smallest absolute Gasteiger partial charge is 0.0588 e. The number of hydrogen-bond donors (Lipinski definition) is 2. The zero-order valence-corrected chi connectivity index (χ0v) is 10.7. The summed E-state index contributed by atoms with van der Waals surface area (Å²) >= 11 is 0. The normalized spacial score (nSPS) is 44.6. The Labute approximate surface area is 104 Å². The lowest BCUT2D eigenvalue weighted by atomic mass is 9.85. The second kappa shape index (κ2) is 5.25. The maximum absolute atomic E-state index is 6.30. The van der Waals surface area contributed by atoms with Gasteiger partial charge in [0.1, 0.15) is 0 Å². The van der Waals surface area contributed by atoms with Gasteiger partial charge in [0.05, 0.1) is 6.10 Å². The van der Waals surface area contributed by atoms with E-state index in [9.17, 15) is 0 Å². The fourth-order valence-electron chi connectivity index (χ4n) is 4.16. The average Bonchev–Trinajstić information content (AvgIpc) is 3.03. The first-order valence-corrected chi connectivity index (χ1v) is 7.42. The summed E-state index contributed by atoms with van der Waals surface area (Å²) in [5, 5.41) is 3.61. The Hall–Kier alpha value is -0.120. The highest BCUT2D eigenvalue weighted by molar-refractivity contribution is 4.99. The first-order chi connectivity index (χ1) is 8.34. The van der Waals surface area contributed by atoms with Gasteiger partial charge in [0.2, 0.25) is 0 Å². The van der Waals surface area contributed by atoms with Gasteiger partial charge in [0.15, 0.2) is 0 Å². The summed E-state index contributed by atoms with van der Waals surface area (Å²) in [4.78, 5) is 0. The van der Waals surface area contributed by atoms with Gasteiger partial charge in [-0.1, -0.05) is 0 Å². The van der Waals surface area contributed by atoms with Crippen molar-refractivity contribution in [2.24, 2.45) is 23.5 Å². The Balaban J connectivity index is 1.34. The van der Waals surface area contributed by atoms with Gasteiger partial charge in [-0.3, -0.25) is 0 Å². The highest BCUT2D eigenvalue weighted by atomic mass is 16.5. The van der Waals surface area contributed by atoms with Crippen LogP contribution in [0, 0.1) is 17.8 Å². The molecule has 3 heteroatoms. The van der Waals surface area contributed by atoms with Gasteiger partial charge in [-0.2, -0.15) is 0 Å². The molecule has 1 saturated heterocycles. The maximum atomic E-state index is 6.30. The number of hydrogen-bond acceptors (Lipinski definition) is 3. The predicted molar refractivity (Wildman–Crippen MR) is 68.8 cm³/mol. The van der Waals surface area contributed by atoms with Crippen molar-refractivity contribution in [1.82, 2.24) is 5.32 Å². The summed E-state index contributed by atoms with van der Waals surface area (Å²) in [6.07, 6.45) is 8.43. The molecule has 3 N–H and O–H groups in total. The van der Waals surface area contributed by atoms with Gasteiger partial charge >= 0.3 is 0 Å². The SMILES string of the molecule is NC1C2CCC(C2)C1CNCCC1CCCO1. The van der Waals surface area contributed by atoms with Crippen LogP contribution in [-0.4, -0.2) is 31.8 Å². The largest absolute Gasteiger partial charge is 0.378 e. The Morgan fingerprint density at radius 3 is 2.76 bits per heavy atom. The van der Waals surface area contributed by atoms with Gasteiger partial charge in [0, 0.05) is 12.6 Å². The molecule has 3 nitrogen and oxygen atoms in total. The number of ether oxygens (including phenoxy) is 1. The van der Waals surface area contributed by atoms with Gasteiger partial charge in [-0.25, -0.2) is 0 Å². The topological polar surface area (TPSA) is 47.3 Å². The van der Waals surface area contributed by atoms with E-state index in [1.165, 1.54) is 38.5 Å². The fraction of sp³-hybridized carbons (Fsp3) is 1.00. The molecule has 5 unspecified atom stereocenters. The molecule has 98 valence electrons. The first kappa shape index (κ1) is 11.9. The molecule has 3 aliphatic rings. The summed E-state index contributed by atoms with van der Waals surface area (Å²) in [7, 11) is 0. The van der Waals surface area contributed by atoms with Crippen LogP contribution in [0.25, 0.3) is 0 Å². The van der Waals surface area contributed by atoms with Crippen molar-refractivity contribution in [1.29, 1.82) is 0 Å². The summed E-state index contributed by atoms with van der Waals surface area (Å²) in [5.74, 6) is 2.51. The minimum atomic E-state index is 0.476. The van der Waals surface area contributed by atoms with Crippen LogP contribution < -0.4 is 11.1 Å². The van der Waals surface area contributed by atoms with Crippen molar-refractivity contribution in [2.45, 2.75) is 50.7 Å². The molecule has 1 heterocycles. The summed E-state index contributed by atoms with van der Waals surface area (Å²) in [6, 6.07) is 0.476. The lowest BCUT2D eigenvalue weighted by Crippen LogP contribution is -2.41. The molecule has 0 aromatic carbocycles. The van der Waals surface area contributed by atoms with Crippen LogP contribution >= 0.6 is 0 Å². The highest BCUT2D eigenvalue weighted by Gasteiger charge is 2.45. The molecule has 2 saturated carbocycles. The summed E-state index contributed by atoms with van der Waals surface area (Å²) in [6.45, 7) is 3.21. The monoisotopic (exact) mass is 238 g/mol. The molecule has 0 radical (unpaired) electrons. The summed E-state index contributed by atoms with van der Waals surface area (Å²) in [5.41, 5.74) is 6.30. The van der Waals surface area contributed by atoms with E-state index < -0.39 is 0 Å². The van der Waals surface area contributed by atoms with E-state index in [0.29, 0.717) is 12.1 Å². The Morgan fingerprint density at radius 1 is 1.18 bits per heavy atom. The molecular weight excluding hydrogens is 212 g/mol. The van der Waals surface area contributed by atoms with E-state index in [-0.39, 0.29) is 0 Å². The van der Waals surface area contributed by atoms with E-state index in [1.54, 1.807) is 0 Å².